The molecule has 0 saturated carbocycles. The molecule has 0 radical (unpaired) electrons. The highest BCUT2D eigenvalue weighted by molar-refractivity contribution is 6.04. The second kappa shape index (κ2) is 10.0. The summed E-state index contributed by atoms with van der Waals surface area (Å²) >= 11 is 0. The van der Waals surface area contributed by atoms with Gasteiger partial charge in [0.05, 0.1) is 12.3 Å². The standard InChI is InChI=1S/C23H23N7O5/c1-13(2)33-16-9-14(21(31)26-19-7-8-30(4)28-19)10-17(11-16)34-15-5-6-18(25-12-15)20-27-23(35-29-20)22(32)24-3/h5-13H,1-4H3,(H,24,32)(H,26,28,31). The van der Waals surface area contributed by atoms with Crippen LogP contribution in [0, 0.1) is 0 Å². The van der Waals surface area contributed by atoms with E-state index in [1.54, 1.807) is 54.3 Å². The average molecular weight is 477 g/mol. The van der Waals surface area contributed by atoms with Crippen molar-refractivity contribution in [2.45, 2.75) is 20.0 Å². The summed E-state index contributed by atoms with van der Waals surface area (Å²) in [6.45, 7) is 3.77. The molecule has 3 aromatic heterocycles. The first-order chi connectivity index (χ1) is 16.8. The third-order valence-corrected chi connectivity index (χ3v) is 4.52. The summed E-state index contributed by atoms with van der Waals surface area (Å²) in [5, 5.41) is 13.1. The van der Waals surface area contributed by atoms with Crippen LogP contribution >= 0.6 is 0 Å². The van der Waals surface area contributed by atoms with E-state index in [0.29, 0.717) is 34.3 Å². The summed E-state index contributed by atoms with van der Waals surface area (Å²) in [7, 11) is 3.23. The Labute approximate surface area is 200 Å². The van der Waals surface area contributed by atoms with Crippen LogP contribution < -0.4 is 20.1 Å². The van der Waals surface area contributed by atoms with E-state index >= 15 is 0 Å². The Bertz CT molecular complexity index is 1340. The summed E-state index contributed by atoms with van der Waals surface area (Å²) in [5.74, 6) is 0.832. The fourth-order valence-corrected chi connectivity index (χ4v) is 3.01. The smallest absolute Gasteiger partial charge is 0.316 e. The maximum atomic E-state index is 12.8. The van der Waals surface area contributed by atoms with Crippen LogP contribution in [0.25, 0.3) is 11.5 Å². The normalized spacial score (nSPS) is 10.8. The first-order valence-corrected chi connectivity index (χ1v) is 10.6. The highest BCUT2D eigenvalue weighted by Gasteiger charge is 2.16. The van der Waals surface area contributed by atoms with E-state index in [2.05, 4.69) is 30.9 Å². The lowest BCUT2D eigenvalue weighted by Crippen LogP contribution is -2.17. The van der Waals surface area contributed by atoms with E-state index < -0.39 is 5.91 Å². The van der Waals surface area contributed by atoms with Gasteiger partial charge in [-0.3, -0.25) is 14.3 Å². The molecule has 4 rings (SSSR count). The third kappa shape index (κ3) is 5.79. The van der Waals surface area contributed by atoms with E-state index in [-0.39, 0.29) is 23.7 Å². The Morgan fingerprint density at radius 2 is 1.86 bits per heavy atom. The van der Waals surface area contributed by atoms with Gasteiger partial charge in [0.2, 0.25) is 5.82 Å². The number of nitrogens with zero attached hydrogens (tertiary/aromatic N) is 5. The molecule has 12 heteroatoms. The third-order valence-electron chi connectivity index (χ3n) is 4.52. The van der Waals surface area contributed by atoms with Gasteiger partial charge in [0.1, 0.15) is 22.9 Å². The minimum absolute atomic E-state index is 0.104. The molecule has 1 aromatic carbocycles. The summed E-state index contributed by atoms with van der Waals surface area (Å²) < 4.78 is 18.2. The van der Waals surface area contributed by atoms with Crippen LogP contribution in [0.15, 0.2) is 53.3 Å². The van der Waals surface area contributed by atoms with Crippen molar-refractivity contribution in [3.8, 4) is 28.8 Å². The summed E-state index contributed by atoms with van der Waals surface area (Å²) in [6.07, 6.45) is 3.09. The van der Waals surface area contributed by atoms with Crippen LogP contribution in [0.1, 0.15) is 34.9 Å². The van der Waals surface area contributed by atoms with Gasteiger partial charge >= 0.3 is 11.8 Å². The van der Waals surface area contributed by atoms with E-state index in [0.717, 1.165) is 0 Å². The van der Waals surface area contributed by atoms with Crippen molar-refractivity contribution < 1.29 is 23.6 Å². The van der Waals surface area contributed by atoms with Crippen molar-refractivity contribution in [1.82, 2.24) is 30.2 Å². The van der Waals surface area contributed by atoms with Crippen molar-refractivity contribution in [1.29, 1.82) is 0 Å². The van der Waals surface area contributed by atoms with Gasteiger partial charge in [0.15, 0.2) is 5.82 Å². The van der Waals surface area contributed by atoms with Crippen LogP contribution in [0.5, 0.6) is 17.2 Å². The number of anilines is 1. The predicted molar refractivity (Wildman–Crippen MR) is 124 cm³/mol. The molecule has 0 aliphatic carbocycles. The van der Waals surface area contributed by atoms with Gasteiger partial charge in [0.25, 0.3) is 5.91 Å². The largest absolute Gasteiger partial charge is 0.491 e. The van der Waals surface area contributed by atoms with Crippen molar-refractivity contribution in [2.24, 2.45) is 7.05 Å². The molecule has 0 aliphatic rings. The van der Waals surface area contributed by atoms with E-state index in [9.17, 15) is 9.59 Å². The lowest BCUT2D eigenvalue weighted by Gasteiger charge is -2.14. The Balaban J connectivity index is 1.54. The predicted octanol–water partition coefficient (Wildman–Crippen LogP) is 3.06. The molecule has 0 spiro atoms. The highest BCUT2D eigenvalue weighted by Crippen LogP contribution is 2.29. The Morgan fingerprint density at radius 3 is 2.51 bits per heavy atom. The number of carbonyl (C=O) groups excluding carboxylic acids is 2. The Hall–Kier alpha value is -4.74. The number of aryl methyl sites for hydroxylation is 1. The van der Waals surface area contributed by atoms with E-state index in [1.165, 1.54) is 13.2 Å². The highest BCUT2D eigenvalue weighted by atomic mass is 16.5. The van der Waals surface area contributed by atoms with Crippen molar-refractivity contribution >= 4 is 17.6 Å². The minimum Gasteiger partial charge on any atom is -0.491 e. The maximum Gasteiger partial charge on any atom is 0.316 e. The number of benzene rings is 1. The molecule has 2 amide bonds. The van der Waals surface area contributed by atoms with E-state index in [4.69, 9.17) is 14.0 Å². The van der Waals surface area contributed by atoms with Crippen molar-refractivity contribution in [2.75, 3.05) is 12.4 Å². The summed E-state index contributed by atoms with van der Waals surface area (Å²) in [4.78, 5) is 32.7. The number of hydrogen-bond acceptors (Lipinski definition) is 9. The molecule has 2 N–H and O–H groups in total. The minimum atomic E-state index is -0.491. The summed E-state index contributed by atoms with van der Waals surface area (Å²) in [5.41, 5.74) is 0.727. The quantitative estimate of drug-likeness (QED) is 0.391. The molecular weight excluding hydrogens is 454 g/mol. The summed E-state index contributed by atoms with van der Waals surface area (Å²) in [6, 6.07) is 9.87. The van der Waals surface area contributed by atoms with Gasteiger partial charge in [-0.15, -0.1) is 0 Å². The maximum absolute atomic E-state index is 12.8. The molecule has 12 nitrogen and oxygen atoms in total. The van der Waals surface area contributed by atoms with Crippen LogP contribution in [0.2, 0.25) is 0 Å². The van der Waals surface area contributed by atoms with Gasteiger partial charge < -0.3 is 24.6 Å². The van der Waals surface area contributed by atoms with Crippen LogP contribution in [0.3, 0.4) is 0 Å². The van der Waals surface area contributed by atoms with Gasteiger partial charge in [-0.25, -0.2) is 4.98 Å². The number of nitrogens with one attached hydrogen (secondary N) is 2. The van der Waals surface area contributed by atoms with Gasteiger partial charge in [-0.2, -0.15) is 10.1 Å². The SMILES string of the molecule is CNC(=O)c1nc(-c2ccc(Oc3cc(OC(C)C)cc(C(=O)Nc4ccn(C)n4)c3)cn2)no1. The molecular formula is C23H23N7O5. The Kier molecular flexibility index (Phi) is 6.71. The first kappa shape index (κ1) is 23.4. The van der Waals surface area contributed by atoms with Crippen molar-refractivity contribution in [3.05, 3.63) is 60.2 Å². The molecule has 0 bridgehead atoms. The fourth-order valence-electron chi connectivity index (χ4n) is 3.01. The fraction of sp³-hybridized carbons (Fsp3) is 0.217. The van der Waals surface area contributed by atoms with E-state index in [1.807, 2.05) is 13.8 Å². The zero-order valence-corrected chi connectivity index (χ0v) is 19.5. The molecule has 0 aliphatic heterocycles. The molecule has 4 aromatic rings. The zero-order chi connectivity index (χ0) is 24.9. The monoisotopic (exact) mass is 477 g/mol. The molecule has 0 unspecified atom stereocenters. The molecule has 0 fully saturated rings. The number of amides is 2. The van der Waals surface area contributed by atoms with Crippen LogP contribution in [-0.2, 0) is 7.05 Å². The second-order valence-electron chi connectivity index (χ2n) is 7.67. The molecule has 0 atom stereocenters. The Morgan fingerprint density at radius 1 is 1.06 bits per heavy atom. The average Bonchev–Trinajstić information content (AvgIpc) is 3.48. The topological polar surface area (TPSA) is 146 Å². The molecule has 3 heterocycles. The van der Waals surface area contributed by atoms with Crippen LogP contribution in [0.4, 0.5) is 5.82 Å². The lowest BCUT2D eigenvalue weighted by molar-refractivity contribution is 0.0919. The lowest BCUT2D eigenvalue weighted by atomic mass is 10.2. The molecule has 35 heavy (non-hydrogen) atoms. The number of carbonyl (C=O) groups is 2. The number of hydrogen-bond donors (Lipinski definition) is 2. The first-order valence-electron chi connectivity index (χ1n) is 10.6. The van der Waals surface area contributed by atoms with Gasteiger partial charge in [-0.05, 0) is 38.1 Å². The van der Waals surface area contributed by atoms with Gasteiger partial charge in [-0.1, -0.05) is 5.16 Å². The van der Waals surface area contributed by atoms with Crippen LogP contribution in [-0.4, -0.2) is 49.9 Å². The molecule has 0 saturated heterocycles. The van der Waals surface area contributed by atoms with Gasteiger partial charge in [0, 0.05) is 38.0 Å². The number of aromatic nitrogens is 5. The zero-order valence-electron chi connectivity index (χ0n) is 19.5. The number of ether oxygens (including phenoxy) is 2. The molecule has 180 valence electrons. The number of rotatable bonds is 8. The second-order valence-corrected chi connectivity index (χ2v) is 7.67. The number of pyridine rings is 1. The van der Waals surface area contributed by atoms with Crippen molar-refractivity contribution in [3.63, 3.8) is 0 Å².